The van der Waals surface area contributed by atoms with E-state index in [0.717, 1.165) is 6.42 Å². The van der Waals surface area contributed by atoms with Gasteiger partial charge in [0.15, 0.2) is 11.3 Å². The van der Waals surface area contributed by atoms with Crippen LogP contribution < -0.4 is 5.73 Å². The van der Waals surface area contributed by atoms with Crippen molar-refractivity contribution in [1.29, 1.82) is 0 Å². The molecular weight excluding hydrogens is 280 g/mol. The van der Waals surface area contributed by atoms with Crippen molar-refractivity contribution in [1.82, 2.24) is 13.9 Å². The zero-order chi connectivity index (χ0) is 14.1. The molecule has 0 spiro atoms. The molecule has 112 valence electrons. The Hall–Kier alpha value is -0.800. The van der Waals surface area contributed by atoms with Crippen LogP contribution in [0.4, 0.5) is 0 Å². The molecule has 1 aromatic rings. The van der Waals surface area contributed by atoms with Crippen molar-refractivity contribution in [2.45, 2.75) is 23.8 Å². The molecular formula is C12H20N4O3S. The third-order valence-corrected chi connectivity index (χ3v) is 5.01. The standard InChI is InChI=1S/C12H20N4O3S/c1-15-7-11(14-8-15)20(17)16-5-9(10(13)6-16)12-18-3-2-4-19-12/h7-10,12H,2-6,13H2,1H3/t9-,10-,20?/m1/s1. The van der Waals surface area contributed by atoms with Crippen molar-refractivity contribution in [2.75, 3.05) is 26.3 Å². The zero-order valence-electron chi connectivity index (χ0n) is 11.5. The highest BCUT2D eigenvalue weighted by Gasteiger charge is 2.40. The number of aryl methyl sites for hydroxylation is 1. The first kappa shape index (κ1) is 14.2. The lowest BCUT2D eigenvalue weighted by Crippen LogP contribution is -2.41. The summed E-state index contributed by atoms with van der Waals surface area (Å²) in [5, 5.41) is 0.561. The second-order valence-electron chi connectivity index (χ2n) is 5.26. The van der Waals surface area contributed by atoms with E-state index in [1.165, 1.54) is 0 Å². The van der Waals surface area contributed by atoms with Crippen LogP contribution in [0.2, 0.25) is 0 Å². The van der Waals surface area contributed by atoms with E-state index in [0.29, 0.717) is 31.3 Å². The van der Waals surface area contributed by atoms with Crippen molar-refractivity contribution in [3.8, 4) is 0 Å². The number of aromatic nitrogens is 2. The van der Waals surface area contributed by atoms with E-state index in [1.54, 1.807) is 17.1 Å². The first-order chi connectivity index (χ1) is 9.65. The van der Waals surface area contributed by atoms with E-state index in [9.17, 15) is 4.21 Å². The first-order valence-electron chi connectivity index (χ1n) is 6.79. The summed E-state index contributed by atoms with van der Waals surface area (Å²) in [6, 6.07) is -0.0919. The molecule has 2 fully saturated rings. The van der Waals surface area contributed by atoms with E-state index in [2.05, 4.69) is 4.98 Å². The highest BCUT2D eigenvalue weighted by molar-refractivity contribution is 7.82. The molecule has 20 heavy (non-hydrogen) atoms. The van der Waals surface area contributed by atoms with Gasteiger partial charge in [-0.05, 0) is 6.42 Å². The monoisotopic (exact) mass is 300 g/mol. The Kier molecular flexibility index (Phi) is 4.18. The highest BCUT2D eigenvalue weighted by atomic mass is 32.2. The number of nitrogens with zero attached hydrogens (tertiary/aromatic N) is 3. The summed E-state index contributed by atoms with van der Waals surface area (Å²) >= 11 is 0. The third-order valence-electron chi connectivity index (χ3n) is 3.68. The maximum atomic E-state index is 12.5. The Balaban J connectivity index is 1.66. The van der Waals surface area contributed by atoms with Crippen LogP contribution in [0.15, 0.2) is 17.6 Å². The average Bonchev–Trinajstić information content (AvgIpc) is 3.05. The van der Waals surface area contributed by atoms with Gasteiger partial charge in [-0.1, -0.05) is 0 Å². The molecule has 0 amide bonds. The Morgan fingerprint density at radius 3 is 2.80 bits per heavy atom. The minimum Gasteiger partial charge on any atom is -0.352 e. The summed E-state index contributed by atoms with van der Waals surface area (Å²) in [6.07, 6.45) is 4.06. The van der Waals surface area contributed by atoms with E-state index in [4.69, 9.17) is 15.2 Å². The van der Waals surface area contributed by atoms with Crippen LogP contribution in [0.25, 0.3) is 0 Å². The lowest BCUT2D eigenvalue weighted by molar-refractivity contribution is -0.203. The smallest absolute Gasteiger partial charge is 0.163 e. The van der Waals surface area contributed by atoms with Gasteiger partial charge in [-0.2, -0.15) is 0 Å². The molecule has 3 heterocycles. The van der Waals surface area contributed by atoms with Crippen molar-refractivity contribution in [3.63, 3.8) is 0 Å². The lowest BCUT2D eigenvalue weighted by Gasteiger charge is -2.29. The van der Waals surface area contributed by atoms with Crippen LogP contribution in [0.3, 0.4) is 0 Å². The van der Waals surface area contributed by atoms with Gasteiger partial charge in [-0.15, -0.1) is 0 Å². The number of nitrogens with two attached hydrogens (primary N) is 1. The molecule has 2 N–H and O–H groups in total. The largest absolute Gasteiger partial charge is 0.352 e. The fraction of sp³-hybridized carbons (Fsp3) is 0.750. The molecule has 0 aliphatic carbocycles. The van der Waals surface area contributed by atoms with Gasteiger partial charge in [0, 0.05) is 38.3 Å². The fourth-order valence-electron chi connectivity index (χ4n) is 2.60. The Morgan fingerprint density at radius 1 is 1.40 bits per heavy atom. The maximum Gasteiger partial charge on any atom is 0.163 e. The van der Waals surface area contributed by atoms with Gasteiger partial charge >= 0.3 is 0 Å². The van der Waals surface area contributed by atoms with Gasteiger partial charge in [0.2, 0.25) is 0 Å². The molecule has 3 atom stereocenters. The first-order valence-corrected chi connectivity index (χ1v) is 7.89. The number of hydrogen-bond donors (Lipinski definition) is 1. The summed E-state index contributed by atoms with van der Waals surface area (Å²) in [5.74, 6) is 0.0583. The Bertz CT molecular complexity index is 489. The molecule has 0 aromatic carbocycles. The lowest BCUT2D eigenvalue weighted by atomic mass is 10.0. The molecule has 2 aliphatic heterocycles. The predicted octanol–water partition coefficient (Wildman–Crippen LogP) is -0.535. The molecule has 8 heteroatoms. The summed E-state index contributed by atoms with van der Waals surface area (Å²) in [6.45, 7) is 2.58. The molecule has 7 nitrogen and oxygen atoms in total. The van der Waals surface area contributed by atoms with Crippen LogP contribution in [0.5, 0.6) is 0 Å². The van der Waals surface area contributed by atoms with E-state index >= 15 is 0 Å². The van der Waals surface area contributed by atoms with Gasteiger partial charge in [-0.3, -0.25) is 0 Å². The summed E-state index contributed by atoms with van der Waals surface area (Å²) in [4.78, 5) is 4.14. The van der Waals surface area contributed by atoms with Gasteiger partial charge in [0.05, 0.1) is 19.5 Å². The molecule has 3 rings (SSSR count). The Labute approximate surface area is 120 Å². The van der Waals surface area contributed by atoms with E-state index in [-0.39, 0.29) is 18.2 Å². The number of ether oxygens (including phenoxy) is 2. The average molecular weight is 300 g/mol. The van der Waals surface area contributed by atoms with Crippen molar-refractivity contribution in [2.24, 2.45) is 18.7 Å². The molecule has 2 aliphatic rings. The summed E-state index contributed by atoms with van der Waals surface area (Å²) in [7, 11) is 0.584. The third kappa shape index (κ3) is 2.79. The summed E-state index contributed by atoms with van der Waals surface area (Å²) in [5.41, 5.74) is 6.16. The van der Waals surface area contributed by atoms with Crippen molar-refractivity contribution >= 4 is 11.0 Å². The number of hydrogen-bond acceptors (Lipinski definition) is 5. The van der Waals surface area contributed by atoms with Gasteiger partial charge in [-0.25, -0.2) is 13.5 Å². The second kappa shape index (κ2) is 5.90. The van der Waals surface area contributed by atoms with Crippen molar-refractivity contribution < 1.29 is 13.7 Å². The van der Waals surface area contributed by atoms with E-state index in [1.807, 2.05) is 11.4 Å². The second-order valence-corrected chi connectivity index (χ2v) is 6.70. The maximum absolute atomic E-state index is 12.5. The van der Waals surface area contributed by atoms with Crippen LogP contribution in [-0.4, -0.2) is 56.7 Å². The van der Waals surface area contributed by atoms with Gasteiger partial charge < -0.3 is 19.8 Å². The molecule has 1 unspecified atom stereocenters. The fourth-order valence-corrected chi connectivity index (χ4v) is 3.88. The SMILES string of the molecule is Cn1cnc(S(=O)N2C[C@@H](N)[C@H](C3OCCCO3)C2)c1. The molecule has 1 aromatic heterocycles. The van der Waals surface area contributed by atoms with E-state index < -0.39 is 11.0 Å². The van der Waals surface area contributed by atoms with Crippen LogP contribution in [-0.2, 0) is 27.5 Å². The topological polar surface area (TPSA) is 82.6 Å². The molecule has 0 saturated carbocycles. The van der Waals surface area contributed by atoms with Crippen LogP contribution in [0.1, 0.15) is 6.42 Å². The van der Waals surface area contributed by atoms with Crippen LogP contribution >= 0.6 is 0 Å². The number of rotatable bonds is 3. The minimum atomic E-state index is -1.27. The molecule has 2 saturated heterocycles. The zero-order valence-corrected chi connectivity index (χ0v) is 12.3. The Morgan fingerprint density at radius 2 is 2.15 bits per heavy atom. The van der Waals surface area contributed by atoms with Gasteiger partial charge in [0.25, 0.3) is 0 Å². The highest BCUT2D eigenvalue weighted by Crippen LogP contribution is 2.26. The minimum absolute atomic E-state index is 0.0583. The normalized spacial score (nSPS) is 30.7. The quantitative estimate of drug-likeness (QED) is 0.811. The van der Waals surface area contributed by atoms with Crippen molar-refractivity contribution in [3.05, 3.63) is 12.5 Å². The van der Waals surface area contributed by atoms with Gasteiger partial charge in [0.1, 0.15) is 11.0 Å². The molecule has 0 radical (unpaired) electrons. The number of imidazole rings is 1. The van der Waals surface area contributed by atoms with Crippen LogP contribution in [0, 0.1) is 5.92 Å². The predicted molar refractivity (Wildman–Crippen MR) is 73.0 cm³/mol. The molecule has 0 bridgehead atoms. The summed E-state index contributed by atoms with van der Waals surface area (Å²) < 4.78 is 27.3.